The Morgan fingerprint density at radius 1 is 1.43 bits per heavy atom. The molecule has 0 aliphatic heterocycles. The summed E-state index contributed by atoms with van der Waals surface area (Å²) < 4.78 is 4.84. The highest BCUT2D eigenvalue weighted by Crippen LogP contribution is 2.23. The summed E-state index contributed by atoms with van der Waals surface area (Å²) >= 11 is 0. The molecule has 1 heterocycles. The summed E-state index contributed by atoms with van der Waals surface area (Å²) in [6.07, 6.45) is 3.06. The van der Waals surface area contributed by atoms with Gasteiger partial charge >= 0.3 is 5.97 Å². The van der Waals surface area contributed by atoms with Crippen molar-refractivity contribution >= 4 is 12.0 Å². The van der Waals surface area contributed by atoms with Crippen LogP contribution in [0.2, 0.25) is 0 Å². The molecule has 0 unspecified atom stereocenters. The van der Waals surface area contributed by atoms with Crippen LogP contribution in [0.1, 0.15) is 18.1 Å². The van der Waals surface area contributed by atoms with Crippen LogP contribution in [0.3, 0.4) is 0 Å². The number of hydrogen-bond donors (Lipinski definition) is 1. The number of aromatic amines is 1. The SMILES string of the molecule is CCOC(=O)C(C#N)=Cc1cn[nH]c1-c1ccc(C)cc1. The molecule has 0 spiro atoms. The first-order valence-electron chi connectivity index (χ1n) is 6.55. The van der Waals surface area contributed by atoms with E-state index in [1.54, 1.807) is 13.1 Å². The summed E-state index contributed by atoms with van der Waals surface area (Å²) in [7, 11) is 0. The Morgan fingerprint density at radius 2 is 2.14 bits per heavy atom. The fraction of sp³-hybridized carbons (Fsp3) is 0.188. The quantitative estimate of drug-likeness (QED) is 0.531. The number of ether oxygens (including phenoxy) is 1. The van der Waals surface area contributed by atoms with Gasteiger partial charge in [0, 0.05) is 11.1 Å². The van der Waals surface area contributed by atoms with E-state index in [9.17, 15) is 4.79 Å². The van der Waals surface area contributed by atoms with Crippen LogP contribution < -0.4 is 0 Å². The Kier molecular flexibility index (Phi) is 4.52. The zero-order valence-electron chi connectivity index (χ0n) is 11.9. The molecule has 0 atom stereocenters. The molecule has 21 heavy (non-hydrogen) atoms. The lowest BCUT2D eigenvalue weighted by Crippen LogP contribution is -2.06. The lowest BCUT2D eigenvalue weighted by atomic mass is 10.0. The summed E-state index contributed by atoms with van der Waals surface area (Å²) in [5, 5.41) is 15.9. The van der Waals surface area contributed by atoms with Crippen LogP contribution in [0.5, 0.6) is 0 Å². The number of esters is 1. The van der Waals surface area contributed by atoms with Crippen molar-refractivity contribution in [2.75, 3.05) is 6.61 Å². The number of H-pyrrole nitrogens is 1. The second kappa shape index (κ2) is 6.53. The largest absolute Gasteiger partial charge is 0.462 e. The van der Waals surface area contributed by atoms with E-state index < -0.39 is 5.97 Å². The van der Waals surface area contributed by atoms with Crippen molar-refractivity contribution < 1.29 is 9.53 Å². The molecular formula is C16H15N3O2. The molecule has 0 saturated carbocycles. The molecule has 2 aromatic rings. The molecule has 0 saturated heterocycles. The standard InChI is InChI=1S/C16H15N3O2/c1-3-21-16(20)13(9-17)8-14-10-18-19-15(14)12-6-4-11(2)5-7-12/h4-8,10H,3H2,1-2H3,(H,18,19). The summed E-state index contributed by atoms with van der Waals surface area (Å²) in [6, 6.07) is 9.74. The van der Waals surface area contributed by atoms with Crippen molar-refractivity contribution in [2.45, 2.75) is 13.8 Å². The van der Waals surface area contributed by atoms with Crippen LogP contribution in [0.15, 0.2) is 36.0 Å². The molecule has 5 heteroatoms. The number of nitrogens with one attached hydrogen (secondary N) is 1. The molecule has 5 nitrogen and oxygen atoms in total. The lowest BCUT2D eigenvalue weighted by molar-refractivity contribution is -0.137. The Hall–Kier alpha value is -2.87. The predicted octanol–water partition coefficient (Wildman–Crippen LogP) is 2.86. The topological polar surface area (TPSA) is 78.8 Å². The van der Waals surface area contributed by atoms with E-state index in [0.29, 0.717) is 5.56 Å². The van der Waals surface area contributed by atoms with Gasteiger partial charge in [-0.05, 0) is 19.9 Å². The average molecular weight is 281 g/mol. The number of nitriles is 1. The fourth-order valence-corrected chi connectivity index (χ4v) is 1.86. The van der Waals surface area contributed by atoms with Gasteiger partial charge in [-0.3, -0.25) is 5.10 Å². The predicted molar refractivity (Wildman–Crippen MR) is 79.0 cm³/mol. The van der Waals surface area contributed by atoms with E-state index in [4.69, 9.17) is 10.00 Å². The smallest absolute Gasteiger partial charge is 0.348 e. The minimum atomic E-state index is -0.629. The van der Waals surface area contributed by atoms with Crippen LogP contribution in [-0.4, -0.2) is 22.8 Å². The average Bonchev–Trinajstić information content (AvgIpc) is 2.94. The molecule has 1 N–H and O–H groups in total. The number of aromatic nitrogens is 2. The third-order valence-corrected chi connectivity index (χ3v) is 2.92. The number of carbonyl (C=O) groups excluding carboxylic acids is 1. The van der Waals surface area contributed by atoms with E-state index in [1.807, 2.05) is 37.3 Å². The molecule has 0 radical (unpaired) electrons. The molecule has 106 valence electrons. The minimum absolute atomic E-state index is 0.0494. The zero-order chi connectivity index (χ0) is 15.2. The van der Waals surface area contributed by atoms with E-state index in [2.05, 4.69) is 10.2 Å². The van der Waals surface area contributed by atoms with Gasteiger partial charge in [0.25, 0.3) is 0 Å². The summed E-state index contributed by atoms with van der Waals surface area (Å²) in [6.45, 7) is 3.93. The maximum atomic E-state index is 11.6. The fourth-order valence-electron chi connectivity index (χ4n) is 1.86. The van der Waals surface area contributed by atoms with Crippen molar-refractivity contribution in [2.24, 2.45) is 0 Å². The number of rotatable bonds is 4. The summed E-state index contributed by atoms with van der Waals surface area (Å²) in [4.78, 5) is 11.6. The molecule has 0 aliphatic rings. The van der Waals surface area contributed by atoms with Gasteiger partial charge in [0.15, 0.2) is 0 Å². The van der Waals surface area contributed by atoms with Crippen LogP contribution in [0.4, 0.5) is 0 Å². The molecule has 0 bridgehead atoms. The zero-order valence-corrected chi connectivity index (χ0v) is 11.9. The highest BCUT2D eigenvalue weighted by atomic mass is 16.5. The van der Waals surface area contributed by atoms with Crippen molar-refractivity contribution in [1.82, 2.24) is 10.2 Å². The van der Waals surface area contributed by atoms with Gasteiger partial charge < -0.3 is 4.74 Å². The van der Waals surface area contributed by atoms with Gasteiger partial charge in [0.1, 0.15) is 11.6 Å². The number of carbonyl (C=O) groups is 1. The third kappa shape index (κ3) is 3.37. The van der Waals surface area contributed by atoms with Gasteiger partial charge in [-0.25, -0.2) is 4.79 Å². The molecule has 0 aliphatic carbocycles. The Bertz CT molecular complexity index is 706. The van der Waals surface area contributed by atoms with E-state index >= 15 is 0 Å². The molecule has 0 amide bonds. The van der Waals surface area contributed by atoms with Crippen LogP contribution in [0.25, 0.3) is 17.3 Å². The van der Waals surface area contributed by atoms with Crippen LogP contribution >= 0.6 is 0 Å². The Labute approximate surface area is 122 Å². The first-order valence-corrected chi connectivity index (χ1v) is 6.55. The number of nitrogens with zero attached hydrogens (tertiary/aromatic N) is 2. The first kappa shape index (κ1) is 14.5. The minimum Gasteiger partial charge on any atom is -0.462 e. The highest BCUT2D eigenvalue weighted by Gasteiger charge is 2.13. The summed E-state index contributed by atoms with van der Waals surface area (Å²) in [5.74, 6) is -0.629. The molecule has 1 aromatic carbocycles. The number of aryl methyl sites for hydroxylation is 1. The third-order valence-electron chi connectivity index (χ3n) is 2.92. The van der Waals surface area contributed by atoms with Crippen LogP contribution in [0, 0.1) is 18.3 Å². The maximum Gasteiger partial charge on any atom is 0.348 e. The van der Waals surface area contributed by atoms with Gasteiger partial charge in [-0.2, -0.15) is 10.4 Å². The number of benzene rings is 1. The summed E-state index contributed by atoms with van der Waals surface area (Å²) in [5.41, 5.74) is 3.47. The van der Waals surface area contributed by atoms with Gasteiger partial charge in [0.2, 0.25) is 0 Å². The second-order valence-corrected chi connectivity index (χ2v) is 4.46. The molecule has 1 aromatic heterocycles. The molecule has 0 fully saturated rings. The van der Waals surface area contributed by atoms with Crippen molar-refractivity contribution in [3.8, 4) is 17.3 Å². The monoisotopic (exact) mass is 281 g/mol. The Morgan fingerprint density at radius 3 is 2.76 bits per heavy atom. The lowest BCUT2D eigenvalue weighted by Gasteiger charge is -2.02. The van der Waals surface area contributed by atoms with E-state index in [0.717, 1.165) is 16.8 Å². The van der Waals surface area contributed by atoms with Crippen molar-refractivity contribution in [3.05, 3.63) is 47.2 Å². The Balaban J connectivity index is 2.38. The van der Waals surface area contributed by atoms with Gasteiger partial charge in [-0.15, -0.1) is 0 Å². The maximum absolute atomic E-state index is 11.6. The van der Waals surface area contributed by atoms with Gasteiger partial charge in [-0.1, -0.05) is 29.8 Å². The second-order valence-electron chi connectivity index (χ2n) is 4.46. The highest BCUT2D eigenvalue weighted by molar-refractivity contribution is 5.98. The van der Waals surface area contributed by atoms with Crippen LogP contribution in [-0.2, 0) is 9.53 Å². The number of hydrogen-bond acceptors (Lipinski definition) is 4. The van der Waals surface area contributed by atoms with Crippen molar-refractivity contribution in [1.29, 1.82) is 5.26 Å². The first-order chi connectivity index (χ1) is 10.2. The normalized spacial score (nSPS) is 11.0. The molecular weight excluding hydrogens is 266 g/mol. The van der Waals surface area contributed by atoms with Gasteiger partial charge in [0.05, 0.1) is 18.5 Å². The molecule has 2 rings (SSSR count). The van der Waals surface area contributed by atoms with Crippen molar-refractivity contribution in [3.63, 3.8) is 0 Å². The van der Waals surface area contributed by atoms with E-state index in [1.165, 1.54) is 6.08 Å². The van der Waals surface area contributed by atoms with E-state index in [-0.39, 0.29) is 12.2 Å².